The van der Waals surface area contributed by atoms with Crippen LogP contribution in [0.5, 0.6) is 0 Å². The van der Waals surface area contributed by atoms with Gasteiger partial charge in [0.1, 0.15) is 17.0 Å². The van der Waals surface area contributed by atoms with Crippen molar-refractivity contribution in [1.29, 1.82) is 0 Å². The molecule has 0 spiro atoms. The second kappa shape index (κ2) is 8.37. The SMILES string of the molecule is CCc1ccc(-c2csc3ncnc(Nc4ccc(C(=O)O)cc4)c23)cc1.Cl. The Morgan fingerprint density at radius 3 is 2.43 bits per heavy atom. The maximum Gasteiger partial charge on any atom is 0.335 e. The third-order valence-electron chi connectivity index (χ3n) is 4.44. The molecule has 0 unspecified atom stereocenters. The molecule has 142 valence electrons. The van der Waals surface area contributed by atoms with Gasteiger partial charge in [-0.25, -0.2) is 14.8 Å². The summed E-state index contributed by atoms with van der Waals surface area (Å²) >= 11 is 1.58. The van der Waals surface area contributed by atoms with Crippen molar-refractivity contribution in [1.82, 2.24) is 9.97 Å². The Hall–Kier alpha value is -2.96. The van der Waals surface area contributed by atoms with Crippen LogP contribution in [0.25, 0.3) is 21.3 Å². The van der Waals surface area contributed by atoms with E-state index in [9.17, 15) is 4.79 Å². The first-order valence-corrected chi connectivity index (χ1v) is 9.45. The topological polar surface area (TPSA) is 75.1 Å². The number of carbonyl (C=O) groups is 1. The third-order valence-corrected chi connectivity index (χ3v) is 5.32. The Kier molecular flexibility index (Phi) is 5.92. The molecule has 0 aliphatic carbocycles. The second-order valence-corrected chi connectivity index (χ2v) is 6.97. The van der Waals surface area contributed by atoms with Crippen LogP contribution in [0.4, 0.5) is 11.5 Å². The average Bonchev–Trinajstić information content (AvgIpc) is 3.14. The van der Waals surface area contributed by atoms with Gasteiger partial charge in [0.05, 0.1) is 10.9 Å². The second-order valence-electron chi connectivity index (χ2n) is 6.11. The van der Waals surface area contributed by atoms with Gasteiger partial charge < -0.3 is 10.4 Å². The molecule has 0 aliphatic rings. The highest BCUT2D eigenvalue weighted by molar-refractivity contribution is 7.17. The molecule has 0 fully saturated rings. The summed E-state index contributed by atoms with van der Waals surface area (Å²) in [6.07, 6.45) is 2.55. The Morgan fingerprint density at radius 2 is 1.79 bits per heavy atom. The minimum Gasteiger partial charge on any atom is -0.478 e. The van der Waals surface area contributed by atoms with Crippen LogP contribution >= 0.6 is 23.7 Å². The Labute approximate surface area is 172 Å². The first kappa shape index (κ1) is 19.8. The number of hydrogen-bond donors (Lipinski definition) is 2. The highest BCUT2D eigenvalue weighted by atomic mass is 35.5. The van der Waals surface area contributed by atoms with E-state index in [-0.39, 0.29) is 18.0 Å². The van der Waals surface area contributed by atoms with Crippen LogP contribution in [0.1, 0.15) is 22.8 Å². The molecule has 2 aromatic carbocycles. The quantitative estimate of drug-likeness (QED) is 0.435. The van der Waals surface area contributed by atoms with Gasteiger partial charge in [0, 0.05) is 16.6 Å². The van der Waals surface area contributed by atoms with Gasteiger partial charge in [-0.15, -0.1) is 23.7 Å². The molecule has 5 nitrogen and oxygen atoms in total. The maximum absolute atomic E-state index is 11.0. The number of rotatable bonds is 5. The summed E-state index contributed by atoms with van der Waals surface area (Å²) in [6.45, 7) is 2.14. The normalized spacial score (nSPS) is 10.5. The first-order chi connectivity index (χ1) is 13.2. The zero-order chi connectivity index (χ0) is 18.8. The van der Waals surface area contributed by atoms with Gasteiger partial charge in [-0.2, -0.15) is 0 Å². The summed E-state index contributed by atoms with van der Waals surface area (Å²) in [7, 11) is 0. The van der Waals surface area contributed by atoms with Crippen LogP contribution in [0.15, 0.2) is 60.2 Å². The molecule has 0 aliphatic heterocycles. The summed E-state index contributed by atoms with van der Waals surface area (Å²) in [5, 5.41) is 15.4. The van der Waals surface area contributed by atoms with Gasteiger partial charge in [0.2, 0.25) is 0 Å². The molecular formula is C21H18ClN3O2S. The third kappa shape index (κ3) is 3.83. The number of carboxylic acid groups (broad SMARTS) is 1. The standard InChI is InChI=1S/C21H17N3O2S.ClH/c1-2-13-3-5-14(6-4-13)17-11-27-20-18(17)19(22-12-23-20)24-16-9-7-15(8-10-16)21(25)26;/h3-12H,2H2,1H3,(H,25,26)(H,22,23,24);1H. The van der Waals surface area contributed by atoms with E-state index in [1.54, 1.807) is 35.6 Å². The van der Waals surface area contributed by atoms with Gasteiger partial charge in [-0.3, -0.25) is 0 Å². The van der Waals surface area contributed by atoms with Crippen LogP contribution in [0, 0.1) is 0 Å². The lowest BCUT2D eigenvalue weighted by Crippen LogP contribution is -1.98. The number of anilines is 2. The van der Waals surface area contributed by atoms with Crippen LogP contribution in [0.3, 0.4) is 0 Å². The van der Waals surface area contributed by atoms with Crippen molar-refractivity contribution < 1.29 is 9.90 Å². The van der Waals surface area contributed by atoms with Crippen LogP contribution < -0.4 is 5.32 Å². The number of carboxylic acids is 1. The van der Waals surface area contributed by atoms with E-state index >= 15 is 0 Å². The number of aromatic nitrogens is 2. The highest BCUT2D eigenvalue weighted by Crippen LogP contribution is 2.37. The molecule has 28 heavy (non-hydrogen) atoms. The molecular weight excluding hydrogens is 394 g/mol. The number of fused-ring (bicyclic) bond motifs is 1. The van der Waals surface area contributed by atoms with E-state index in [1.165, 1.54) is 11.9 Å². The summed E-state index contributed by atoms with van der Waals surface area (Å²) in [4.78, 5) is 20.7. The van der Waals surface area contributed by atoms with E-state index in [4.69, 9.17) is 5.11 Å². The van der Waals surface area contributed by atoms with E-state index in [0.717, 1.165) is 33.5 Å². The number of nitrogens with zero attached hydrogens (tertiary/aromatic N) is 2. The summed E-state index contributed by atoms with van der Waals surface area (Å²) in [5.41, 5.74) is 4.53. The smallest absolute Gasteiger partial charge is 0.335 e. The lowest BCUT2D eigenvalue weighted by molar-refractivity contribution is 0.0697. The Morgan fingerprint density at radius 1 is 1.07 bits per heavy atom. The molecule has 0 radical (unpaired) electrons. The average molecular weight is 412 g/mol. The van der Waals surface area contributed by atoms with Gasteiger partial charge in [0.15, 0.2) is 0 Å². The maximum atomic E-state index is 11.0. The van der Waals surface area contributed by atoms with Crippen molar-refractivity contribution in [2.75, 3.05) is 5.32 Å². The molecule has 0 saturated carbocycles. The summed E-state index contributed by atoms with van der Waals surface area (Å²) in [5.74, 6) is -0.236. The van der Waals surface area contributed by atoms with Crippen molar-refractivity contribution in [3.05, 3.63) is 71.4 Å². The lowest BCUT2D eigenvalue weighted by Gasteiger charge is -2.09. The molecule has 0 amide bonds. The fourth-order valence-electron chi connectivity index (χ4n) is 2.94. The lowest BCUT2D eigenvalue weighted by atomic mass is 10.0. The zero-order valence-corrected chi connectivity index (χ0v) is 16.7. The van der Waals surface area contributed by atoms with Gasteiger partial charge >= 0.3 is 5.97 Å². The Bertz CT molecular complexity index is 1110. The zero-order valence-electron chi connectivity index (χ0n) is 15.0. The predicted molar refractivity (Wildman–Crippen MR) is 116 cm³/mol. The Balaban J connectivity index is 0.00000225. The van der Waals surface area contributed by atoms with Crippen molar-refractivity contribution in [2.45, 2.75) is 13.3 Å². The molecule has 0 saturated heterocycles. The van der Waals surface area contributed by atoms with Gasteiger partial charge in [-0.05, 0) is 41.8 Å². The van der Waals surface area contributed by atoms with Crippen molar-refractivity contribution in [3.8, 4) is 11.1 Å². The molecule has 7 heteroatoms. The number of halogens is 1. The first-order valence-electron chi connectivity index (χ1n) is 8.57. The van der Waals surface area contributed by atoms with E-state index in [1.807, 2.05) is 0 Å². The fourth-order valence-corrected chi connectivity index (χ4v) is 3.85. The molecule has 4 rings (SSSR count). The number of thiophene rings is 1. The van der Waals surface area contributed by atoms with Crippen molar-refractivity contribution in [2.24, 2.45) is 0 Å². The molecule has 0 atom stereocenters. The number of benzene rings is 2. The molecule has 4 aromatic rings. The number of hydrogen-bond acceptors (Lipinski definition) is 5. The molecule has 2 N–H and O–H groups in total. The van der Waals surface area contributed by atoms with Gasteiger partial charge in [-0.1, -0.05) is 31.2 Å². The molecule has 2 aromatic heterocycles. The minimum atomic E-state index is -0.943. The number of aromatic carboxylic acids is 1. The number of nitrogens with one attached hydrogen (secondary N) is 1. The van der Waals surface area contributed by atoms with Crippen molar-refractivity contribution in [3.63, 3.8) is 0 Å². The van der Waals surface area contributed by atoms with Crippen molar-refractivity contribution >= 4 is 51.4 Å². The van der Waals surface area contributed by atoms with Crippen LogP contribution in [0.2, 0.25) is 0 Å². The summed E-state index contributed by atoms with van der Waals surface area (Å²) < 4.78 is 0. The van der Waals surface area contributed by atoms with E-state index in [0.29, 0.717) is 5.82 Å². The van der Waals surface area contributed by atoms with Gasteiger partial charge in [0.25, 0.3) is 0 Å². The van der Waals surface area contributed by atoms with Crippen LogP contribution in [-0.2, 0) is 6.42 Å². The van der Waals surface area contributed by atoms with Crippen LogP contribution in [-0.4, -0.2) is 21.0 Å². The minimum absolute atomic E-state index is 0. The molecule has 0 bridgehead atoms. The van der Waals surface area contributed by atoms with E-state index < -0.39 is 5.97 Å². The summed E-state index contributed by atoms with van der Waals surface area (Å²) in [6, 6.07) is 15.1. The number of aryl methyl sites for hydroxylation is 1. The molecule has 2 heterocycles. The largest absolute Gasteiger partial charge is 0.478 e. The predicted octanol–water partition coefficient (Wildman–Crippen LogP) is 5.78. The van der Waals surface area contributed by atoms with E-state index in [2.05, 4.69) is 51.9 Å². The highest BCUT2D eigenvalue weighted by Gasteiger charge is 2.13. The fraction of sp³-hybridized carbons (Fsp3) is 0.0952. The monoisotopic (exact) mass is 411 g/mol.